The molecule has 4 rings (SSSR count). The first-order valence-electron chi connectivity index (χ1n) is 8.94. The number of carbonyl (C=O) groups is 1. The Balaban J connectivity index is 1.57. The van der Waals surface area contributed by atoms with Gasteiger partial charge in [-0.25, -0.2) is 9.97 Å². The lowest BCUT2D eigenvalue weighted by Gasteiger charge is -2.19. The summed E-state index contributed by atoms with van der Waals surface area (Å²) in [6, 6.07) is 17.9. The third-order valence-electron chi connectivity index (χ3n) is 4.47. The lowest BCUT2D eigenvalue weighted by Crippen LogP contribution is -2.16. The van der Waals surface area contributed by atoms with Crippen LogP contribution >= 0.6 is 0 Å². The number of aryl methyl sites for hydroxylation is 1. The zero-order valence-electron chi connectivity index (χ0n) is 15.4. The van der Waals surface area contributed by atoms with Gasteiger partial charge >= 0.3 is 0 Å². The summed E-state index contributed by atoms with van der Waals surface area (Å²) in [6.07, 6.45) is 1.02. The van der Waals surface area contributed by atoms with E-state index in [-0.39, 0.29) is 5.91 Å². The Morgan fingerprint density at radius 2 is 1.78 bits per heavy atom. The molecule has 1 aromatic heterocycles. The van der Waals surface area contributed by atoms with Gasteiger partial charge in [0.2, 0.25) is 5.91 Å². The van der Waals surface area contributed by atoms with Crippen LogP contribution in [-0.4, -0.2) is 22.4 Å². The number of carbonyl (C=O) groups excluding carboxylic acids is 1. The summed E-state index contributed by atoms with van der Waals surface area (Å²) >= 11 is 0. The predicted molar refractivity (Wildman–Crippen MR) is 108 cm³/mol. The number of aromatic nitrogens is 2. The van der Waals surface area contributed by atoms with Crippen LogP contribution in [-0.2, 0) is 11.2 Å². The summed E-state index contributed by atoms with van der Waals surface area (Å²) in [5, 5.41) is 6.08. The van der Waals surface area contributed by atoms with Crippen LogP contribution in [0.5, 0.6) is 0 Å². The van der Waals surface area contributed by atoms with Gasteiger partial charge in [0.05, 0.1) is 0 Å². The molecule has 6 heteroatoms. The second-order valence-corrected chi connectivity index (χ2v) is 6.57. The number of para-hydroxylation sites is 1. The molecule has 0 atom stereocenters. The summed E-state index contributed by atoms with van der Waals surface area (Å²) in [6.45, 7) is 4.31. The fourth-order valence-electron chi connectivity index (χ4n) is 3.32. The highest BCUT2D eigenvalue weighted by Gasteiger charge is 2.21. The van der Waals surface area contributed by atoms with Gasteiger partial charge in [-0.2, -0.15) is 0 Å². The second-order valence-electron chi connectivity index (χ2n) is 6.57. The lowest BCUT2D eigenvalue weighted by atomic mass is 10.2. The van der Waals surface area contributed by atoms with Gasteiger partial charge in [0, 0.05) is 36.6 Å². The van der Waals surface area contributed by atoms with E-state index in [2.05, 4.69) is 49.8 Å². The normalized spacial score (nSPS) is 12.6. The van der Waals surface area contributed by atoms with Crippen molar-refractivity contribution in [3.63, 3.8) is 0 Å². The van der Waals surface area contributed by atoms with Crippen molar-refractivity contribution in [3.8, 4) is 0 Å². The molecule has 27 heavy (non-hydrogen) atoms. The molecule has 136 valence electrons. The molecule has 1 amide bonds. The minimum atomic E-state index is -0.0855. The zero-order chi connectivity index (χ0) is 18.8. The van der Waals surface area contributed by atoms with Gasteiger partial charge in [0.25, 0.3) is 0 Å². The van der Waals surface area contributed by atoms with Gasteiger partial charge < -0.3 is 15.5 Å². The predicted octanol–water partition coefficient (Wildman–Crippen LogP) is 4.18. The SMILES string of the molecule is CC(=O)Nc1ccc(Nc2cc(N3CCc4ccccc43)nc(C)n2)cc1. The molecule has 2 aromatic carbocycles. The highest BCUT2D eigenvalue weighted by molar-refractivity contribution is 5.88. The van der Waals surface area contributed by atoms with Gasteiger partial charge in [-0.15, -0.1) is 0 Å². The minimum absolute atomic E-state index is 0.0855. The standard InChI is InChI=1S/C21H21N5O/c1-14-22-20(25-18-9-7-17(8-10-18)24-15(2)27)13-21(23-14)26-12-11-16-5-3-4-6-19(16)26/h3-10,13H,11-12H2,1-2H3,(H,24,27)(H,22,23,25). The van der Waals surface area contributed by atoms with Crippen molar-refractivity contribution in [1.29, 1.82) is 0 Å². The van der Waals surface area contributed by atoms with E-state index in [1.165, 1.54) is 18.2 Å². The molecule has 0 aliphatic carbocycles. The fraction of sp³-hybridized carbons (Fsp3) is 0.190. The maximum Gasteiger partial charge on any atom is 0.221 e. The van der Waals surface area contributed by atoms with E-state index >= 15 is 0 Å². The van der Waals surface area contributed by atoms with E-state index in [0.29, 0.717) is 5.82 Å². The monoisotopic (exact) mass is 359 g/mol. The number of nitrogens with zero attached hydrogens (tertiary/aromatic N) is 3. The highest BCUT2D eigenvalue weighted by Crippen LogP contribution is 2.34. The third-order valence-corrected chi connectivity index (χ3v) is 4.47. The first-order chi connectivity index (χ1) is 13.1. The van der Waals surface area contributed by atoms with Gasteiger partial charge in [-0.05, 0) is 49.2 Å². The Hall–Kier alpha value is -3.41. The van der Waals surface area contributed by atoms with Crippen LogP contribution in [0.1, 0.15) is 18.3 Å². The number of fused-ring (bicyclic) bond motifs is 1. The van der Waals surface area contributed by atoms with Crippen LogP contribution in [0.25, 0.3) is 0 Å². The van der Waals surface area contributed by atoms with E-state index in [1.807, 2.05) is 37.3 Å². The highest BCUT2D eigenvalue weighted by atomic mass is 16.1. The Morgan fingerprint density at radius 1 is 1.04 bits per heavy atom. The Labute approximate surface area is 158 Å². The minimum Gasteiger partial charge on any atom is -0.340 e. The molecule has 1 aliphatic heterocycles. The molecule has 2 N–H and O–H groups in total. The number of hydrogen-bond acceptors (Lipinski definition) is 5. The maximum absolute atomic E-state index is 11.1. The summed E-state index contributed by atoms with van der Waals surface area (Å²) in [4.78, 5) is 22.5. The van der Waals surface area contributed by atoms with Crippen LogP contribution in [0.15, 0.2) is 54.6 Å². The van der Waals surface area contributed by atoms with Crippen molar-refractivity contribution in [2.45, 2.75) is 20.3 Å². The fourth-order valence-corrected chi connectivity index (χ4v) is 3.32. The molecular formula is C21H21N5O. The maximum atomic E-state index is 11.1. The van der Waals surface area contributed by atoms with Crippen molar-refractivity contribution in [3.05, 3.63) is 66.0 Å². The molecule has 6 nitrogen and oxygen atoms in total. The van der Waals surface area contributed by atoms with E-state index in [0.717, 1.165) is 36.0 Å². The zero-order valence-corrected chi connectivity index (χ0v) is 15.4. The average Bonchev–Trinajstić information content (AvgIpc) is 3.07. The van der Waals surface area contributed by atoms with Gasteiger partial charge in [0.15, 0.2) is 0 Å². The first kappa shape index (κ1) is 17.0. The van der Waals surface area contributed by atoms with E-state index in [9.17, 15) is 4.79 Å². The van der Waals surface area contributed by atoms with Crippen LogP contribution < -0.4 is 15.5 Å². The summed E-state index contributed by atoms with van der Waals surface area (Å²) in [5.74, 6) is 2.27. The smallest absolute Gasteiger partial charge is 0.221 e. The number of nitrogens with one attached hydrogen (secondary N) is 2. The number of benzene rings is 2. The summed E-state index contributed by atoms with van der Waals surface area (Å²) < 4.78 is 0. The average molecular weight is 359 g/mol. The van der Waals surface area contributed by atoms with Crippen molar-refractivity contribution >= 4 is 34.6 Å². The summed E-state index contributed by atoms with van der Waals surface area (Å²) in [7, 11) is 0. The van der Waals surface area contributed by atoms with Gasteiger partial charge in [-0.3, -0.25) is 4.79 Å². The van der Waals surface area contributed by atoms with Crippen LogP contribution in [0.4, 0.5) is 28.7 Å². The molecular weight excluding hydrogens is 338 g/mol. The molecule has 3 aromatic rings. The molecule has 0 unspecified atom stereocenters. The van der Waals surface area contributed by atoms with Crippen LogP contribution in [0, 0.1) is 6.92 Å². The molecule has 0 spiro atoms. The Morgan fingerprint density at radius 3 is 2.56 bits per heavy atom. The van der Waals surface area contributed by atoms with Crippen molar-refractivity contribution in [2.75, 3.05) is 22.1 Å². The third kappa shape index (κ3) is 3.74. The Kier molecular flexibility index (Phi) is 4.46. The van der Waals surface area contributed by atoms with Gasteiger partial charge in [0.1, 0.15) is 17.5 Å². The largest absolute Gasteiger partial charge is 0.340 e. The van der Waals surface area contributed by atoms with Crippen LogP contribution in [0.2, 0.25) is 0 Å². The number of amides is 1. The van der Waals surface area contributed by atoms with E-state index in [4.69, 9.17) is 0 Å². The molecule has 2 heterocycles. The molecule has 0 fully saturated rings. The van der Waals surface area contributed by atoms with Crippen molar-refractivity contribution in [2.24, 2.45) is 0 Å². The molecule has 1 aliphatic rings. The second kappa shape index (κ2) is 7.07. The van der Waals surface area contributed by atoms with Crippen molar-refractivity contribution in [1.82, 2.24) is 9.97 Å². The van der Waals surface area contributed by atoms with Crippen LogP contribution in [0.3, 0.4) is 0 Å². The summed E-state index contributed by atoms with van der Waals surface area (Å²) in [5.41, 5.74) is 4.22. The number of rotatable bonds is 4. The van der Waals surface area contributed by atoms with Gasteiger partial charge in [-0.1, -0.05) is 18.2 Å². The van der Waals surface area contributed by atoms with E-state index in [1.54, 1.807) is 0 Å². The quantitative estimate of drug-likeness (QED) is 0.731. The molecule has 0 saturated carbocycles. The van der Waals surface area contributed by atoms with E-state index < -0.39 is 0 Å². The van der Waals surface area contributed by atoms with Crippen molar-refractivity contribution < 1.29 is 4.79 Å². The lowest BCUT2D eigenvalue weighted by molar-refractivity contribution is -0.114. The molecule has 0 saturated heterocycles. The molecule has 0 radical (unpaired) electrons. The number of hydrogen-bond donors (Lipinski definition) is 2. The first-order valence-corrected chi connectivity index (χ1v) is 8.94. The molecule has 0 bridgehead atoms. The Bertz CT molecular complexity index is 984. The number of anilines is 5. The topological polar surface area (TPSA) is 70.2 Å².